The molecule has 0 unspecified atom stereocenters. The molecule has 1 amide bonds. The standard InChI is InChI=1S/C16H13ClN4O2/c17-10-6-7-13-12(8-10)15(16(23)19-13)21-20-14(22)9-18-11-4-2-1-3-5-11/h1-8,18-19,23H,9H2. The summed E-state index contributed by atoms with van der Waals surface area (Å²) in [4.78, 5) is 14.5. The van der Waals surface area contributed by atoms with Crippen LogP contribution in [0.1, 0.15) is 0 Å². The van der Waals surface area contributed by atoms with E-state index in [1.165, 1.54) is 0 Å². The van der Waals surface area contributed by atoms with Gasteiger partial charge in [-0.15, -0.1) is 10.2 Å². The van der Waals surface area contributed by atoms with Gasteiger partial charge in [0, 0.05) is 16.1 Å². The van der Waals surface area contributed by atoms with E-state index in [4.69, 9.17) is 11.6 Å². The number of aromatic nitrogens is 1. The lowest BCUT2D eigenvalue weighted by atomic mass is 10.2. The second-order valence-corrected chi connectivity index (χ2v) is 5.26. The van der Waals surface area contributed by atoms with E-state index in [1.807, 2.05) is 30.3 Å². The Hall–Kier alpha value is -2.86. The molecule has 0 spiro atoms. The molecule has 1 heterocycles. The number of aromatic hydroxyl groups is 1. The summed E-state index contributed by atoms with van der Waals surface area (Å²) >= 11 is 5.94. The number of carbonyl (C=O) groups is 1. The van der Waals surface area contributed by atoms with Crippen LogP contribution in [-0.2, 0) is 4.79 Å². The van der Waals surface area contributed by atoms with Crippen LogP contribution in [-0.4, -0.2) is 22.5 Å². The molecular weight excluding hydrogens is 316 g/mol. The van der Waals surface area contributed by atoms with E-state index in [0.717, 1.165) is 5.69 Å². The molecule has 6 nitrogen and oxygen atoms in total. The van der Waals surface area contributed by atoms with E-state index in [2.05, 4.69) is 20.5 Å². The van der Waals surface area contributed by atoms with Crippen molar-refractivity contribution in [2.24, 2.45) is 10.2 Å². The van der Waals surface area contributed by atoms with Crippen molar-refractivity contribution in [1.29, 1.82) is 0 Å². The smallest absolute Gasteiger partial charge is 0.283 e. The second-order valence-electron chi connectivity index (χ2n) is 4.83. The highest BCUT2D eigenvalue weighted by atomic mass is 35.5. The topological polar surface area (TPSA) is 89.8 Å². The third-order valence-electron chi connectivity index (χ3n) is 3.19. The predicted molar refractivity (Wildman–Crippen MR) is 89.4 cm³/mol. The normalized spacial score (nSPS) is 11.2. The van der Waals surface area contributed by atoms with E-state index in [0.29, 0.717) is 15.9 Å². The zero-order valence-electron chi connectivity index (χ0n) is 12.0. The van der Waals surface area contributed by atoms with Gasteiger partial charge in [-0.1, -0.05) is 29.8 Å². The van der Waals surface area contributed by atoms with Gasteiger partial charge in [0.15, 0.2) is 5.69 Å². The highest BCUT2D eigenvalue weighted by Gasteiger charge is 2.11. The fourth-order valence-corrected chi connectivity index (χ4v) is 2.28. The largest absolute Gasteiger partial charge is 0.493 e. The van der Waals surface area contributed by atoms with Crippen LogP contribution in [0.5, 0.6) is 5.88 Å². The van der Waals surface area contributed by atoms with Crippen molar-refractivity contribution in [3.05, 3.63) is 53.6 Å². The van der Waals surface area contributed by atoms with E-state index in [1.54, 1.807) is 18.2 Å². The Balaban J connectivity index is 1.73. The number of carbonyl (C=O) groups excluding carboxylic acids is 1. The van der Waals surface area contributed by atoms with Gasteiger partial charge >= 0.3 is 0 Å². The van der Waals surface area contributed by atoms with E-state index in [-0.39, 0.29) is 18.1 Å². The quantitative estimate of drug-likeness (QED) is 0.625. The predicted octanol–water partition coefficient (Wildman–Crippen LogP) is 4.25. The van der Waals surface area contributed by atoms with E-state index in [9.17, 15) is 9.90 Å². The number of halogens is 1. The van der Waals surface area contributed by atoms with Gasteiger partial charge in [-0.05, 0) is 30.3 Å². The lowest BCUT2D eigenvalue weighted by Crippen LogP contribution is -2.10. The number of H-pyrrole nitrogens is 1. The molecule has 116 valence electrons. The highest BCUT2D eigenvalue weighted by molar-refractivity contribution is 6.31. The van der Waals surface area contributed by atoms with Crippen LogP contribution in [0.3, 0.4) is 0 Å². The third kappa shape index (κ3) is 3.49. The van der Waals surface area contributed by atoms with Gasteiger partial charge in [0.1, 0.15) is 0 Å². The molecule has 23 heavy (non-hydrogen) atoms. The summed E-state index contributed by atoms with van der Waals surface area (Å²) in [5.74, 6) is -0.612. The first kappa shape index (κ1) is 15.1. The van der Waals surface area contributed by atoms with Crippen LogP contribution >= 0.6 is 11.6 Å². The molecule has 7 heteroatoms. The van der Waals surface area contributed by atoms with Crippen LogP contribution in [0, 0.1) is 0 Å². The van der Waals surface area contributed by atoms with Crippen LogP contribution in [0.2, 0.25) is 5.02 Å². The number of aromatic amines is 1. The molecule has 0 aliphatic carbocycles. The maximum Gasteiger partial charge on any atom is 0.283 e. The summed E-state index contributed by atoms with van der Waals surface area (Å²) in [5.41, 5.74) is 1.67. The molecule has 0 aliphatic heterocycles. The molecule has 0 radical (unpaired) electrons. The number of hydrogen-bond donors (Lipinski definition) is 3. The first-order valence-corrected chi connectivity index (χ1v) is 7.25. The average Bonchev–Trinajstić information content (AvgIpc) is 2.86. The third-order valence-corrected chi connectivity index (χ3v) is 3.43. The number of fused-ring (bicyclic) bond motifs is 1. The average molecular weight is 329 g/mol. The van der Waals surface area contributed by atoms with Crippen LogP contribution in [0.4, 0.5) is 11.4 Å². The number of rotatable bonds is 4. The molecule has 0 saturated heterocycles. The van der Waals surface area contributed by atoms with Crippen molar-refractivity contribution < 1.29 is 9.90 Å². The number of para-hydroxylation sites is 1. The molecule has 3 rings (SSSR count). The van der Waals surface area contributed by atoms with Gasteiger partial charge in [0.2, 0.25) is 5.88 Å². The van der Waals surface area contributed by atoms with E-state index >= 15 is 0 Å². The first-order chi connectivity index (χ1) is 11.1. The highest BCUT2D eigenvalue weighted by Crippen LogP contribution is 2.36. The van der Waals surface area contributed by atoms with Gasteiger partial charge in [0.05, 0.1) is 12.1 Å². The van der Waals surface area contributed by atoms with Crippen molar-refractivity contribution in [1.82, 2.24) is 4.98 Å². The minimum absolute atomic E-state index is 0.0113. The summed E-state index contributed by atoms with van der Waals surface area (Å²) in [6.45, 7) is 0.0113. The van der Waals surface area contributed by atoms with Crippen LogP contribution in [0.25, 0.3) is 10.9 Å². The fourth-order valence-electron chi connectivity index (χ4n) is 2.11. The Morgan fingerprint density at radius 1 is 1.22 bits per heavy atom. The summed E-state index contributed by atoms with van der Waals surface area (Å²) in [7, 11) is 0. The Morgan fingerprint density at radius 2 is 2.00 bits per heavy atom. The molecule has 3 N–H and O–H groups in total. The number of hydrogen-bond acceptors (Lipinski definition) is 4. The van der Waals surface area contributed by atoms with Gasteiger partial charge in [-0.2, -0.15) is 0 Å². The molecule has 0 atom stereocenters. The van der Waals surface area contributed by atoms with Gasteiger partial charge in [-0.3, -0.25) is 4.79 Å². The Bertz CT molecular complexity index is 874. The van der Waals surface area contributed by atoms with E-state index < -0.39 is 5.91 Å². The van der Waals surface area contributed by atoms with Crippen molar-refractivity contribution in [2.45, 2.75) is 0 Å². The van der Waals surface area contributed by atoms with Crippen molar-refractivity contribution in [3.8, 4) is 5.88 Å². The van der Waals surface area contributed by atoms with Crippen LogP contribution < -0.4 is 5.32 Å². The summed E-state index contributed by atoms with van der Waals surface area (Å²) < 4.78 is 0. The zero-order chi connectivity index (χ0) is 16.2. The van der Waals surface area contributed by atoms with Gasteiger partial charge in [0.25, 0.3) is 5.91 Å². The Labute approximate surface area is 136 Å². The minimum Gasteiger partial charge on any atom is -0.493 e. The molecule has 0 bridgehead atoms. The summed E-state index contributed by atoms with van der Waals surface area (Å²) in [6.07, 6.45) is 0. The fraction of sp³-hybridized carbons (Fsp3) is 0.0625. The molecule has 2 aromatic carbocycles. The number of anilines is 1. The maximum atomic E-state index is 11.8. The first-order valence-electron chi connectivity index (χ1n) is 6.87. The molecule has 0 aliphatic rings. The number of benzene rings is 2. The minimum atomic E-state index is -0.454. The Morgan fingerprint density at radius 3 is 2.78 bits per heavy atom. The molecular formula is C16H13ClN4O2. The molecule has 0 saturated carbocycles. The van der Waals surface area contributed by atoms with Crippen molar-refractivity contribution in [2.75, 3.05) is 11.9 Å². The lowest BCUT2D eigenvalue weighted by Gasteiger charge is -2.01. The number of azo groups is 1. The zero-order valence-corrected chi connectivity index (χ0v) is 12.7. The van der Waals surface area contributed by atoms with Gasteiger partial charge < -0.3 is 15.4 Å². The van der Waals surface area contributed by atoms with Gasteiger partial charge in [-0.25, -0.2) is 0 Å². The number of nitrogens with zero attached hydrogens (tertiary/aromatic N) is 2. The molecule has 3 aromatic rings. The summed E-state index contributed by atoms with van der Waals surface area (Å²) in [5, 5.41) is 21.4. The SMILES string of the molecule is O=C(CNc1ccccc1)N=Nc1c(O)[nH]c2ccc(Cl)cc12. The lowest BCUT2D eigenvalue weighted by molar-refractivity contribution is -0.116. The molecule has 1 aromatic heterocycles. The van der Waals surface area contributed by atoms with Crippen molar-refractivity contribution in [3.63, 3.8) is 0 Å². The number of nitrogens with one attached hydrogen (secondary N) is 2. The van der Waals surface area contributed by atoms with Crippen LogP contribution in [0.15, 0.2) is 58.8 Å². The Kier molecular flexibility index (Phi) is 4.25. The molecule has 0 fully saturated rings. The second kappa shape index (κ2) is 6.50. The summed E-state index contributed by atoms with van der Waals surface area (Å²) in [6, 6.07) is 14.4. The van der Waals surface area contributed by atoms with Crippen molar-refractivity contribution >= 4 is 39.8 Å². The number of amides is 1. The monoisotopic (exact) mass is 328 g/mol. The maximum absolute atomic E-state index is 11.8.